The molecule has 0 aliphatic rings. The van der Waals surface area contributed by atoms with Crippen LogP contribution in [0.2, 0.25) is 0 Å². The highest BCUT2D eigenvalue weighted by Crippen LogP contribution is 2.20. The number of nitrogens with zero attached hydrogens (tertiary/aromatic N) is 2. The molecule has 0 atom stereocenters. The third-order valence-electron chi connectivity index (χ3n) is 4.92. The van der Waals surface area contributed by atoms with Crippen molar-refractivity contribution in [2.75, 3.05) is 30.9 Å². The molecule has 3 aromatic rings. The van der Waals surface area contributed by atoms with Gasteiger partial charge in [-0.1, -0.05) is 49.4 Å². The second kappa shape index (κ2) is 9.41. The number of carbonyl (C=O) groups is 1. The van der Waals surface area contributed by atoms with Gasteiger partial charge in [0.2, 0.25) is 5.91 Å². The van der Waals surface area contributed by atoms with E-state index in [1.807, 2.05) is 49.4 Å². The number of hydrogen-bond donors (Lipinski definition) is 2. The van der Waals surface area contributed by atoms with Crippen molar-refractivity contribution < 1.29 is 9.53 Å². The first-order valence-corrected chi connectivity index (χ1v) is 9.85. The number of H-pyrrole nitrogens is 1. The minimum Gasteiger partial charge on any atom is -0.383 e. The van der Waals surface area contributed by atoms with Gasteiger partial charge in [-0.3, -0.25) is 19.1 Å². The van der Waals surface area contributed by atoms with Crippen molar-refractivity contribution in [3.05, 3.63) is 68.9 Å². The number of aromatic nitrogens is 2. The largest absolute Gasteiger partial charge is 0.383 e. The molecule has 30 heavy (non-hydrogen) atoms. The van der Waals surface area contributed by atoms with Crippen LogP contribution in [-0.4, -0.2) is 35.7 Å². The lowest BCUT2D eigenvalue weighted by Gasteiger charge is -2.24. The summed E-state index contributed by atoms with van der Waals surface area (Å²) in [4.78, 5) is 41.5. The zero-order chi connectivity index (χ0) is 21.7. The first-order chi connectivity index (χ1) is 14.5. The highest BCUT2D eigenvalue weighted by Gasteiger charge is 2.24. The van der Waals surface area contributed by atoms with Gasteiger partial charge in [0.1, 0.15) is 5.82 Å². The Morgan fingerprint density at radius 3 is 2.60 bits per heavy atom. The molecule has 158 valence electrons. The first-order valence-electron chi connectivity index (χ1n) is 9.85. The Morgan fingerprint density at radius 2 is 1.90 bits per heavy atom. The molecule has 0 fully saturated rings. The lowest BCUT2D eigenvalue weighted by molar-refractivity contribution is -0.118. The number of benzene rings is 2. The highest BCUT2D eigenvalue weighted by molar-refractivity contribution is 5.97. The first kappa shape index (κ1) is 21.3. The Bertz CT molecular complexity index is 1170. The van der Waals surface area contributed by atoms with E-state index < -0.39 is 11.2 Å². The number of nitrogens with one attached hydrogen (secondary N) is 1. The van der Waals surface area contributed by atoms with Crippen LogP contribution in [-0.2, 0) is 22.5 Å². The molecule has 0 aliphatic carbocycles. The number of amides is 1. The predicted octanol–water partition coefficient (Wildman–Crippen LogP) is 1.90. The third kappa shape index (κ3) is 4.44. The van der Waals surface area contributed by atoms with Gasteiger partial charge in [0, 0.05) is 20.2 Å². The molecule has 8 heteroatoms. The van der Waals surface area contributed by atoms with Crippen molar-refractivity contribution in [2.24, 2.45) is 0 Å². The average molecular weight is 410 g/mol. The monoisotopic (exact) mass is 410 g/mol. The van der Waals surface area contributed by atoms with E-state index in [4.69, 9.17) is 10.5 Å². The number of anilines is 2. The Hall–Kier alpha value is -3.39. The molecule has 2 aromatic carbocycles. The van der Waals surface area contributed by atoms with E-state index in [9.17, 15) is 14.4 Å². The number of nitrogens with two attached hydrogens (primary N) is 1. The van der Waals surface area contributed by atoms with Crippen molar-refractivity contribution in [3.63, 3.8) is 0 Å². The molecular weight excluding hydrogens is 384 g/mol. The van der Waals surface area contributed by atoms with Gasteiger partial charge in [0.15, 0.2) is 5.69 Å². The van der Waals surface area contributed by atoms with Gasteiger partial charge in [-0.15, -0.1) is 0 Å². The molecule has 3 N–H and O–H groups in total. The maximum Gasteiger partial charge on any atom is 0.330 e. The van der Waals surface area contributed by atoms with Gasteiger partial charge in [0.25, 0.3) is 5.56 Å². The number of fused-ring (bicyclic) bond motifs is 1. The van der Waals surface area contributed by atoms with E-state index in [1.54, 1.807) is 0 Å². The molecule has 0 bridgehead atoms. The molecule has 1 heterocycles. The molecular formula is C22H26N4O4. The summed E-state index contributed by atoms with van der Waals surface area (Å²) in [6, 6.07) is 13.7. The summed E-state index contributed by atoms with van der Waals surface area (Å²) in [5, 5.41) is 2.11. The SMILES string of the molecule is CCCn1c(N)c(N(CCOC)C(=O)Cc2ccc3ccccc3c2)c(=O)[nH]c1=O. The standard InChI is InChI=1S/C22H26N4O4/c1-3-10-26-20(23)19(21(28)24-22(26)29)25(11-12-30-2)18(27)14-15-8-9-16-6-4-5-7-17(16)13-15/h4-9,13H,3,10-12,14,23H2,1-2H3,(H,24,28,29). The molecule has 1 aromatic heterocycles. The fraction of sp³-hybridized carbons (Fsp3) is 0.318. The lowest BCUT2D eigenvalue weighted by atomic mass is 10.0. The summed E-state index contributed by atoms with van der Waals surface area (Å²) in [5.41, 5.74) is 5.68. The Labute approximate surface area is 173 Å². The van der Waals surface area contributed by atoms with Crippen LogP contribution in [0.3, 0.4) is 0 Å². The summed E-state index contributed by atoms with van der Waals surface area (Å²) in [7, 11) is 1.51. The van der Waals surface area contributed by atoms with Crippen molar-refractivity contribution in [1.82, 2.24) is 9.55 Å². The maximum atomic E-state index is 13.2. The van der Waals surface area contributed by atoms with E-state index in [2.05, 4.69) is 4.98 Å². The van der Waals surface area contributed by atoms with Gasteiger partial charge in [0.05, 0.1) is 13.0 Å². The highest BCUT2D eigenvalue weighted by atomic mass is 16.5. The zero-order valence-corrected chi connectivity index (χ0v) is 17.2. The number of ether oxygens (including phenoxy) is 1. The lowest BCUT2D eigenvalue weighted by Crippen LogP contribution is -2.43. The number of rotatable bonds is 8. The number of hydrogen-bond acceptors (Lipinski definition) is 5. The van der Waals surface area contributed by atoms with E-state index >= 15 is 0 Å². The van der Waals surface area contributed by atoms with Gasteiger partial charge >= 0.3 is 5.69 Å². The van der Waals surface area contributed by atoms with Crippen LogP contribution in [0.5, 0.6) is 0 Å². The van der Waals surface area contributed by atoms with Gasteiger partial charge in [-0.05, 0) is 22.8 Å². The van der Waals surface area contributed by atoms with Gasteiger partial charge < -0.3 is 15.4 Å². The third-order valence-corrected chi connectivity index (χ3v) is 4.92. The van der Waals surface area contributed by atoms with Crippen LogP contribution in [0.4, 0.5) is 11.5 Å². The fourth-order valence-electron chi connectivity index (χ4n) is 3.45. The number of aromatic amines is 1. The van der Waals surface area contributed by atoms with Crippen LogP contribution >= 0.6 is 0 Å². The van der Waals surface area contributed by atoms with Crippen LogP contribution in [0.15, 0.2) is 52.1 Å². The number of methoxy groups -OCH3 is 1. The summed E-state index contributed by atoms with van der Waals surface area (Å²) in [6.07, 6.45) is 0.735. The smallest absolute Gasteiger partial charge is 0.330 e. The van der Waals surface area contributed by atoms with E-state index in [0.717, 1.165) is 16.3 Å². The van der Waals surface area contributed by atoms with Crippen LogP contribution in [0.25, 0.3) is 10.8 Å². The molecule has 8 nitrogen and oxygen atoms in total. The minimum atomic E-state index is -0.687. The Kier molecular flexibility index (Phi) is 6.68. The zero-order valence-electron chi connectivity index (χ0n) is 17.2. The molecule has 0 unspecified atom stereocenters. The van der Waals surface area contributed by atoms with E-state index in [0.29, 0.717) is 13.0 Å². The number of nitrogen functional groups attached to an aromatic ring is 1. The Balaban J connectivity index is 1.99. The summed E-state index contributed by atoms with van der Waals surface area (Å²) in [6.45, 7) is 2.59. The quantitative estimate of drug-likeness (QED) is 0.589. The summed E-state index contributed by atoms with van der Waals surface area (Å²) >= 11 is 0. The molecule has 0 saturated heterocycles. The predicted molar refractivity (Wildman–Crippen MR) is 118 cm³/mol. The summed E-state index contributed by atoms with van der Waals surface area (Å²) < 4.78 is 6.40. The Morgan fingerprint density at radius 1 is 1.17 bits per heavy atom. The molecule has 0 spiro atoms. The van der Waals surface area contributed by atoms with Gasteiger partial charge in [-0.25, -0.2) is 4.79 Å². The molecule has 1 amide bonds. The van der Waals surface area contributed by atoms with Crippen molar-refractivity contribution in [1.29, 1.82) is 0 Å². The van der Waals surface area contributed by atoms with Gasteiger partial charge in [-0.2, -0.15) is 0 Å². The molecule has 0 radical (unpaired) electrons. The maximum absolute atomic E-state index is 13.2. The topological polar surface area (TPSA) is 110 Å². The van der Waals surface area contributed by atoms with Crippen molar-refractivity contribution in [3.8, 4) is 0 Å². The van der Waals surface area contributed by atoms with Crippen LogP contribution in [0, 0.1) is 0 Å². The fourth-order valence-corrected chi connectivity index (χ4v) is 3.45. The normalized spacial score (nSPS) is 11.0. The van der Waals surface area contributed by atoms with Crippen molar-refractivity contribution >= 4 is 28.2 Å². The van der Waals surface area contributed by atoms with Crippen LogP contribution in [0.1, 0.15) is 18.9 Å². The van der Waals surface area contributed by atoms with E-state index in [1.165, 1.54) is 16.6 Å². The second-order valence-electron chi connectivity index (χ2n) is 7.04. The van der Waals surface area contributed by atoms with Crippen LogP contribution < -0.4 is 21.9 Å². The van der Waals surface area contributed by atoms with Crippen molar-refractivity contribution in [2.45, 2.75) is 26.3 Å². The molecule has 0 aliphatic heterocycles. The second-order valence-corrected chi connectivity index (χ2v) is 7.04. The minimum absolute atomic E-state index is 0.0198. The average Bonchev–Trinajstić information content (AvgIpc) is 2.73. The number of carbonyl (C=O) groups excluding carboxylic acids is 1. The molecule has 3 rings (SSSR count). The summed E-state index contributed by atoms with van der Waals surface area (Å²) in [5.74, 6) is -0.324. The van der Waals surface area contributed by atoms with E-state index in [-0.39, 0.29) is 37.0 Å². The molecule has 0 saturated carbocycles.